The first kappa shape index (κ1) is 20.1. The Morgan fingerprint density at radius 2 is 1.90 bits per heavy atom. The van der Waals surface area contributed by atoms with E-state index in [1.165, 1.54) is 11.3 Å². The fraction of sp³-hybridized carbons (Fsp3) is 0.136. The minimum atomic E-state index is -0.210. The number of benzene rings is 2. The molecule has 0 aliphatic heterocycles. The van der Waals surface area contributed by atoms with Gasteiger partial charge < -0.3 is 15.2 Å². The lowest BCUT2D eigenvalue weighted by molar-refractivity contribution is 0.0957. The topological polar surface area (TPSA) is 76.0 Å². The van der Waals surface area contributed by atoms with E-state index in [1.807, 2.05) is 41.3 Å². The monoisotopic (exact) mass is 438 g/mol. The molecule has 2 aromatic carbocycles. The number of hydrogen-bond acceptors (Lipinski definition) is 4. The number of carbonyl (C=O) groups excluding carboxylic acids is 2. The summed E-state index contributed by atoms with van der Waals surface area (Å²) in [6, 6.07) is 16.0. The van der Waals surface area contributed by atoms with Gasteiger partial charge in [0.05, 0.1) is 15.9 Å². The third kappa shape index (κ3) is 4.37. The van der Waals surface area contributed by atoms with E-state index in [1.54, 1.807) is 30.3 Å². The highest BCUT2D eigenvalue weighted by Crippen LogP contribution is 2.21. The van der Waals surface area contributed by atoms with Crippen LogP contribution < -0.4 is 10.6 Å². The molecule has 0 aliphatic rings. The Morgan fingerprint density at radius 3 is 2.63 bits per heavy atom. The number of thiophene rings is 1. The number of nitrogens with one attached hydrogen (secondary N) is 2. The summed E-state index contributed by atoms with van der Waals surface area (Å²) >= 11 is 7.29. The first-order chi connectivity index (χ1) is 14.5. The van der Waals surface area contributed by atoms with E-state index in [9.17, 15) is 9.59 Å². The molecule has 4 aromatic rings. The molecule has 0 aliphatic carbocycles. The highest BCUT2D eigenvalue weighted by Gasteiger charge is 2.12. The van der Waals surface area contributed by atoms with Gasteiger partial charge in [0.1, 0.15) is 5.82 Å². The Labute approximate surface area is 182 Å². The minimum absolute atomic E-state index is 0.0732. The van der Waals surface area contributed by atoms with Crippen molar-refractivity contribution in [3.05, 3.63) is 81.3 Å². The molecule has 30 heavy (non-hydrogen) atoms. The number of carbonyl (C=O) groups is 2. The van der Waals surface area contributed by atoms with Crippen LogP contribution in [0.4, 0.5) is 5.69 Å². The maximum absolute atomic E-state index is 12.4. The smallest absolute Gasteiger partial charge is 0.261 e. The lowest BCUT2D eigenvalue weighted by atomic mass is 10.2. The van der Waals surface area contributed by atoms with Crippen LogP contribution >= 0.6 is 22.9 Å². The molecule has 0 saturated carbocycles. The number of aromatic nitrogens is 2. The Morgan fingerprint density at radius 1 is 1.10 bits per heavy atom. The van der Waals surface area contributed by atoms with Gasteiger partial charge in [-0.2, -0.15) is 0 Å². The molecule has 8 heteroatoms. The summed E-state index contributed by atoms with van der Waals surface area (Å²) in [4.78, 5) is 29.8. The molecule has 2 amide bonds. The molecule has 0 bridgehead atoms. The van der Waals surface area contributed by atoms with Crippen LogP contribution in [0.1, 0.15) is 25.9 Å². The molecule has 6 nitrogen and oxygen atoms in total. The van der Waals surface area contributed by atoms with Gasteiger partial charge in [-0.05, 0) is 53.9 Å². The summed E-state index contributed by atoms with van der Waals surface area (Å²) in [6.45, 7) is 0.494. The van der Waals surface area contributed by atoms with Gasteiger partial charge in [-0.15, -0.1) is 11.3 Å². The van der Waals surface area contributed by atoms with E-state index < -0.39 is 0 Å². The average molecular weight is 439 g/mol. The second-order valence-corrected chi connectivity index (χ2v) is 8.12. The zero-order valence-electron chi connectivity index (χ0n) is 16.2. The van der Waals surface area contributed by atoms with Gasteiger partial charge in [-0.25, -0.2) is 4.98 Å². The standard InChI is InChI=1S/C22H19ClN4O2S/c1-27-18-9-8-16(25-21(28)14-4-6-15(23)7-5-14)13-17(18)26-20(27)10-11-24-22(29)19-3-2-12-30-19/h2-9,12-13H,10-11H2,1H3,(H,24,29)(H,25,28). The molecular weight excluding hydrogens is 420 g/mol. The maximum Gasteiger partial charge on any atom is 0.261 e. The fourth-order valence-electron chi connectivity index (χ4n) is 3.14. The van der Waals surface area contributed by atoms with Gasteiger partial charge in [-0.3, -0.25) is 9.59 Å². The number of imidazole rings is 1. The van der Waals surface area contributed by atoms with Crippen LogP contribution in [0, 0.1) is 0 Å². The number of anilines is 1. The third-order valence-electron chi connectivity index (χ3n) is 4.72. The molecule has 0 fully saturated rings. The first-order valence-corrected chi connectivity index (χ1v) is 10.6. The van der Waals surface area contributed by atoms with Crippen LogP contribution in [0.2, 0.25) is 5.02 Å². The third-order valence-corrected chi connectivity index (χ3v) is 5.84. The molecule has 0 unspecified atom stereocenters. The summed E-state index contributed by atoms with van der Waals surface area (Å²) in [5.41, 5.74) is 2.94. The van der Waals surface area contributed by atoms with Crippen LogP contribution in [0.15, 0.2) is 60.0 Å². The van der Waals surface area contributed by atoms with Crippen LogP contribution in [-0.4, -0.2) is 27.9 Å². The molecule has 0 atom stereocenters. The zero-order chi connectivity index (χ0) is 21.1. The van der Waals surface area contributed by atoms with Crippen molar-refractivity contribution in [2.24, 2.45) is 7.05 Å². The second kappa shape index (κ2) is 8.69. The molecule has 4 rings (SSSR count). The largest absolute Gasteiger partial charge is 0.351 e. The molecule has 152 valence electrons. The highest BCUT2D eigenvalue weighted by molar-refractivity contribution is 7.12. The number of aryl methyl sites for hydroxylation is 1. The molecule has 0 spiro atoms. The summed E-state index contributed by atoms with van der Waals surface area (Å²) in [5.74, 6) is 0.576. The Balaban J connectivity index is 1.44. The van der Waals surface area contributed by atoms with Crippen molar-refractivity contribution in [2.75, 3.05) is 11.9 Å². The van der Waals surface area contributed by atoms with Crippen LogP contribution in [-0.2, 0) is 13.5 Å². The van der Waals surface area contributed by atoms with Crippen molar-refractivity contribution in [2.45, 2.75) is 6.42 Å². The van der Waals surface area contributed by atoms with E-state index >= 15 is 0 Å². The number of hydrogen-bond donors (Lipinski definition) is 2. The van der Waals surface area contributed by atoms with E-state index in [0.717, 1.165) is 16.9 Å². The van der Waals surface area contributed by atoms with Crippen molar-refractivity contribution < 1.29 is 9.59 Å². The number of fused-ring (bicyclic) bond motifs is 1. The minimum Gasteiger partial charge on any atom is -0.351 e. The highest BCUT2D eigenvalue weighted by atomic mass is 35.5. The molecule has 0 radical (unpaired) electrons. The van der Waals surface area contributed by atoms with Crippen molar-refractivity contribution in [1.29, 1.82) is 0 Å². The quantitative estimate of drug-likeness (QED) is 0.465. The lowest BCUT2D eigenvalue weighted by Gasteiger charge is -2.06. The van der Waals surface area contributed by atoms with E-state index in [0.29, 0.717) is 34.1 Å². The average Bonchev–Trinajstić information content (AvgIpc) is 3.37. The van der Waals surface area contributed by atoms with Gasteiger partial charge in [0.2, 0.25) is 0 Å². The van der Waals surface area contributed by atoms with Gasteiger partial charge >= 0.3 is 0 Å². The van der Waals surface area contributed by atoms with Crippen LogP contribution in [0.3, 0.4) is 0 Å². The van der Waals surface area contributed by atoms with Crippen molar-refractivity contribution in [3.8, 4) is 0 Å². The number of nitrogens with zero attached hydrogens (tertiary/aromatic N) is 2. The van der Waals surface area contributed by atoms with E-state index in [4.69, 9.17) is 11.6 Å². The predicted octanol–water partition coefficient (Wildman–Crippen LogP) is 4.51. The summed E-state index contributed by atoms with van der Waals surface area (Å²) in [7, 11) is 1.94. The van der Waals surface area contributed by atoms with Crippen molar-refractivity contribution in [1.82, 2.24) is 14.9 Å². The predicted molar refractivity (Wildman–Crippen MR) is 120 cm³/mol. The SMILES string of the molecule is Cn1c(CCNC(=O)c2cccs2)nc2cc(NC(=O)c3ccc(Cl)cc3)ccc21. The normalized spacial score (nSPS) is 10.9. The Kier molecular flexibility index (Phi) is 5.83. The van der Waals surface area contributed by atoms with Crippen LogP contribution in [0.5, 0.6) is 0 Å². The van der Waals surface area contributed by atoms with Gasteiger partial charge in [0, 0.05) is 36.3 Å². The molecule has 2 N–H and O–H groups in total. The van der Waals surface area contributed by atoms with Gasteiger partial charge in [0.25, 0.3) is 11.8 Å². The van der Waals surface area contributed by atoms with Gasteiger partial charge in [0.15, 0.2) is 0 Å². The second-order valence-electron chi connectivity index (χ2n) is 6.73. The Bertz CT molecular complexity index is 1200. The zero-order valence-corrected chi connectivity index (χ0v) is 17.8. The summed E-state index contributed by atoms with van der Waals surface area (Å²) in [5, 5.41) is 8.26. The lowest BCUT2D eigenvalue weighted by Crippen LogP contribution is -2.25. The summed E-state index contributed by atoms with van der Waals surface area (Å²) in [6.07, 6.45) is 0.606. The molecule has 2 aromatic heterocycles. The van der Waals surface area contributed by atoms with E-state index in [2.05, 4.69) is 15.6 Å². The Hall–Kier alpha value is -3.16. The van der Waals surface area contributed by atoms with Gasteiger partial charge in [-0.1, -0.05) is 17.7 Å². The summed E-state index contributed by atoms with van der Waals surface area (Å²) < 4.78 is 2.00. The molecular formula is C22H19ClN4O2S. The van der Waals surface area contributed by atoms with E-state index in [-0.39, 0.29) is 11.8 Å². The molecule has 2 heterocycles. The van der Waals surface area contributed by atoms with Crippen molar-refractivity contribution in [3.63, 3.8) is 0 Å². The fourth-order valence-corrected chi connectivity index (χ4v) is 3.90. The molecule has 0 saturated heterocycles. The first-order valence-electron chi connectivity index (χ1n) is 9.35. The number of amides is 2. The van der Waals surface area contributed by atoms with Crippen LogP contribution in [0.25, 0.3) is 11.0 Å². The van der Waals surface area contributed by atoms with Crippen molar-refractivity contribution >= 4 is 51.5 Å². The number of halogens is 1. The number of rotatable bonds is 6. The maximum atomic E-state index is 12.4.